The van der Waals surface area contributed by atoms with E-state index in [1.165, 1.54) is 4.90 Å². The van der Waals surface area contributed by atoms with Crippen LogP contribution < -0.4 is 0 Å². The molecule has 4 rings (SSSR count). The number of hydrogen-bond acceptors (Lipinski definition) is 3. The number of rotatable bonds is 4. The Bertz CT molecular complexity index is 895. The lowest BCUT2D eigenvalue weighted by Gasteiger charge is -2.16. The van der Waals surface area contributed by atoms with Gasteiger partial charge in [0.15, 0.2) is 0 Å². The Balaban J connectivity index is 1.39. The van der Waals surface area contributed by atoms with Crippen molar-refractivity contribution in [3.8, 4) is 0 Å². The molecule has 134 valence electrons. The number of benzene rings is 2. The van der Waals surface area contributed by atoms with Gasteiger partial charge in [-0.1, -0.05) is 23.7 Å². The van der Waals surface area contributed by atoms with E-state index in [1.807, 2.05) is 24.3 Å². The molecule has 0 radical (unpaired) electrons. The van der Waals surface area contributed by atoms with Gasteiger partial charge in [-0.3, -0.25) is 4.79 Å². The van der Waals surface area contributed by atoms with Crippen LogP contribution in [0.15, 0.2) is 48.5 Å². The van der Waals surface area contributed by atoms with Crippen LogP contribution in [0.4, 0.5) is 4.39 Å². The summed E-state index contributed by atoms with van der Waals surface area (Å²) >= 11 is 5.84. The molecule has 5 nitrogen and oxygen atoms in total. The van der Waals surface area contributed by atoms with Crippen LogP contribution in [0.5, 0.6) is 0 Å². The molecule has 26 heavy (non-hydrogen) atoms. The molecule has 2 atom stereocenters. The minimum atomic E-state index is -1.23. The first-order chi connectivity index (χ1) is 12.6. The molecule has 1 aromatic heterocycles. The summed E-state index contributed by atoms with van der Waals surface area (Å²) in [6, 6.07) is 14.2. The SMILES string of the molecule is O=C(c1ccc(Cl)cc1)N1C[C@@H](F)[C@@H](OCc2nc3ccccc3[nH]2)C1. The average Bonchev–Trinajstić information content (AvgIpc) is 3.23. The van der Waals surface area contributed by atoms with Gasteiger partial charge >= 0.3 is 0 Å². The molecule has 1 fully saturated rings. The lowest BCUT2D eigenvalue weighted by atomic mass is 10.2. The highest BCUT2D eigenvalue weighted by Gasteiger charge is 2.36. The largest absolute Gasteiger partial charge is 0.365 e. The summed E-state index contributed by atoms with van der Waals surface area (Å²) in [6.45, 7) is 0.401. The molecule has 2 aromatic carbocycles. The summed E-state index contributed by atoms with van der Waals surface area (Å²) in [4.78, 5) is 21.5. The molecule has 1 N–H and O–H groups in total. The molecule has 7 heteroatoms. The molecule has 1 saturated heterocycles. The van der Waals surface area contributed by atoms with Gasteiger partial charge in [-0.15, -0.1) is 0 Å². The van der Waals surface area contributed by atoms with E-state index in [2.05, 4.69) is 9.97 Å². The molecular weight excluding hydrogens is 357 g/mol. The van der Waals surface area contributed by atoms with Gasteiger partial charge in [0.25, 0.3) is 5.91 Å². The number of nitrogens with zero attached hydrogens (tertiary/aromatic N) is 2. The zero-order valence-electron chi connectivity index (χ0n) is 13.9. The van der Waals surface area contributed by atoms with Crippen LogP contribution in [-0.2, 0) is 11.3 Å². The van der Waals surface area contributed by atoms with Crippen molar-refractivity contribution in [1.82, 2.24) is 14.9 Å². The Morgan fingerprint density at radius 1 is 1.23 bits per heavy atom. The number of H-pyrrole nitrogens is 1. The van der Waals surface area contributed by atoms with Crippen LogP contribution in [0.25, 0.3) is 11.0 Å². The fourth-order valence-corrected chi connectivity index (χ4v) is 3.22. The zero-order chi connectivity index (χ0) is 18.1. The molecule has 2 heterocycles. The molecular formula is C19H17ClFN3O2. The normalized spacial score (nSPS) is 20.0. The van der Waals surface area contributed by atoms with Crippen molar-refractivity contribution < 1.29 is 13.9 Å². The van der Waals surface area contributed by atoms with Crippen molar-refractivity contribution in [2.75, 3.05) is 13.1 Å². The summed E-state index contributed by atoms with van der Waals surface area (Å²) in [6.07, 6.45) is -1.89. The second kappa shape index (κ2) is 7.05. The number of para-hydroxylation sites is 2. The number of hydrogen-bond donors (Lipinski definition) is 1. The number of likely N-dealkylation sites (tertiary alicyclic amines) is 1. The monoisotopic (exact) mass is 373 g/mol. The molecule has 0 unspecified atom stereocenters. The van der Waals surface area contributed by atoms with Gasteiger partial charge in [-0.05, 0) is 36.4 Å². The van der Waals surface area contributed by atoms with Gasteiger partial charge < -0.3 is 14.6 Å². The van der Waals surface area contributed by atoms with E-state index in [1.54, 1.807) is 24.3 Å². The van der Waals surface area contributed by atoms with E-state index < -0.39 is 12.3 Å². The smallest absolute Gasteiger partial charge is 0.254 e. The molecule has 0 aliphatic carbocycles. The molecule has 0 saturated carbocycles. The zero-order valence-corrected chi connectivity index (χ0v) is 14.6. The maximum atomic E-state index is 14.3. The Labute approximate surface area is 154 Å². The highest BCUT2D eigenvalue weighted by molar-refractivity contribution is 6.30. The van der Waals surface area contributed by atoms with E-state index in [-0.39, 0.29) is 25.6 Å². The highest BCUT2D eigenvalue weighted by atomic mass is 35.5. The Hall–Kier alpha value is -2.44. The Kier molecular flexibility index (Phi) is 4.61. The number of fused-ring (bicyclic) bond motifs is 1. The Morgan fingerprint density at radius 3 is 2.77 bits per heavy atom. The van der Waals surface area contributed by atoms with Gasteiger partial charge in [0.1, 0.15) is 24.7 Å². The minimum absolute atomic E-state index is 0.0201. The number of halogens is 2. The topological polar surface area (TPSA) is 58.2 Å². The van der Waals surface area contributed by atoms with Crippen LogP contribution in [-0.4, -0.2) is 46.1 Å². The van der Waals surface area contributed by atoms with Crippen molar-refractivity contribution in [2.45, 2.75) is 18.9 Å². The number of amides is 1. The third-order valence-electron chi connectivity index (χ3n) is 4.45. The van der Waals surface area contributed by atoms with Gasteiger partial charge in [0.05, 0.1) is 24.1 Å². The van der Waals surface area contributed by atoms with Crippen LogP contribution in [0, 0.1) is 0 Å². The summed E-state index contributed by atoms with van der Waals surface area (Å²) < 4.78 is 20.0. The first-order valence-electron chi connectivity index (χ1n) is 8.34. The average molecular weight is 374 g/mol. The number of aromatic nitrogens is 2. The molecule has 1 amide bonds. The highest BCUT2D eigenvalue weighted by Crippen LogP contribution is 2.21. The number of aromatic amines is 1. The van der Waals surface area contributed by atoms with Crippen LogP contribution in [0.1, 0.15) is 16.2 Å². The van der Waals surface area contributed by atoms with Crippen LogP contribution in [0.2, 0.25) is 5.02 Å². The van der Waals surface area contributed by atoms with E-state index in [0.29, 0.717) is 16.4 Å². The van der Waals surface area contributed by atoms with Crippen molar-refractivity contribution in [2.24, 2.45) is 0 Å². The van der Waals surface area contributed by atoms with Crippen molar-refractivity contribution in [3.63, 3.8) is 0 Å². The van der Waals surface area contributed by atoms with E-state index in [4.69, 9.17) is 16.3 Å². The number of imidazole rings is 1. The number of carbonyl (C=O) groups is 1. The summed E-state index contributed by atoms with van der Waals surface area (Å²) in [5, 5.41) is 0.554. The molecule has 0 bridgehead atoms. The summed E-state index contributed by atoms with van der Waals surface area (Å²) in [5.41, 5.74) is 2.24. The third kappa shape index (κ3) is 3.43. The van der Waals surface area contributed by atoms with E-state index in [9.17, 15) is 9.18 Å². The molecule has 3 aromatic rings. The molecule has 0 spiro atoms. The van der Waals surface area contributed by atoms with E-state index in [0.717, 1.165) is 11.0 Å². The second-order valence-corrected chi connectivity index (χ2v) is 6.72. The summed E-state index contributed by atoms with van der Waals surface area (Å²) in [5.74, 6) is 0.417. The van der Waals surface area contributed by atoms with Crippen LogP contribution >= 0.6 is 11.6 Å². The number of nitrogens with one attached hydrogen (secondary N) is 1. The fraction of sp³-hybridized carbons (Fsp3) is 0.263. The summed E-state index contributed by atoms with van der Waals surface area (Å²) in [7, 11) is 0. The maximum absolute atomic E-state index is 14.3. The number of alkyl halides is 1. The third-order valence-corrected chi connectivity index (χ3v) is 4.70. The van der Waals surface area contributed by atoms with Crippen molar-refractivity contribution in [1.29, 1.82) is 0 Å². The first-order valence-corrected chi connectivity index (χ1v) is 8.72. The second-order valence-electron chi connectivity index (χ2n) is 6.28. The quantitative estimate of drug-likeness (QED) is 0.760. The van der Waals surface area contributed by atoms with Crippen LogP contribution in [0.3, 0.4) is 0 Å². The van der Waals surface area contributed by atoms with Crippen molar-refractivity contribution in [3.05, 3.63) is 64.9 Å². The molecule has 1 aliphatic heterocycles. The minimum Gasteiger partial charge on any atom is -0.365 e. The fourth-order valence-electron chi connectivity index (χ4n) is 3.09. The Morgan fingerprint density at radius 2 is 2.00 bits per heavy atom. The number of carbonyl (C=O) groups excluding carboxylic acids is 1. The van der Waals surface area contributed by atoms with Gasteiger partial charge in [-0.2, -0.15) is 0 Å². The van der Waals surface area contributed by atoms with Gasteiger partial charge in [-0.25, -0.2) is 9.37 Å². The molecule has 1 aliphatic rings. The lowest BCUT2D eigenvalue weighted by molar-refractivity contribution is 0.00887. The standard InChI is InChI=1S/C19H17ClFN3O2/c20-13-7-5-12(6-8-13)19(25)24-9-14(21)17(10-24)26-11-18-22-15-3-1-2-4-16(15)23-18/h1-8,14,17H,9-11H2,(H,22,23)/t14-,17+/m1/s1. The van der Waals surface area contributed by atoms with Gasteiger partial charge in [0, 0.05) is 10.6 Å². The predicted molar refractivity (Wildman–Crippen MR) is 96.9 cm³/mol. The lowest BCUT2D eigenvalue weighted by Crippen LogP contribution is -2.30. The van der Waals surface area contributed by atoms with Crippen molar-refractivity contribution >= 4 is 28.5 Å². The predicted octanol–water partition coefficient (Wildman–Crippen LogP) is 3.60. The van der Waals surface area contributed by atoms with Gasteiger partial charge in [0.2, 0.25) is 0 Å². The number of ether oxygens (including phenoxy) is 1. The maximum Gasteiger partial charge on any atom is 0.254 e. The van der Waals surface area contributed by atoms with E-state index >= 15 is 0 Å². The first kappa shape index (κ1) is 17.0.